The summed E-state index contributed by atoms with van der Waals surface area (Å²) in [5.74, 6) is 0. The van der Waals surface area contributed by atoms with Gasteiger partial charge in [-0.2, -0.15) is 0 Å². The van der Waals surface area contributed by atoms with Crippen LogP contribution in [0.5, 0.6) is 0 Å². The lowest BCUT2D eigenvalue weighted by Gasteiger charge is -2.30. The summed E-state index contributed by atoms with van der Waals surface area (Å²) in [6.45, 7) is 3.52. The second-order valence-electron chi connectivity index (χ2n) is 5.61. The molecule has 0 radical (unpaired) electrons. The Morgan fingerprint density at radius 3 is 2.95 bits per heavy atom. The van der Waals surface area contributed by atoms with Gasteiger partial charge in [0.1, 0.15) is 0 Å². The van der Waals surface area contributed by atoms with Crippen molar-refractivity contribution >= 4 is 0 Å². The number of likely N-dealkylation sites (N-methyl/N-ethyl adjacent to an activating group) is 1. The van der Waals surface area contributed by atoms with Crippen molar-refractivity contribution in [2.24, 2.45) is 5.73 Å². The van der Waals surface area contributed by atoms with E-state index in [0.717, 1.165) is 37.5 Å². The van der Waals surface area contributed by atoms with Crippen LogP contribution in [0.25, 0.3) is 0 Å². The van der Waals surface area contributed by atoms with Gasteiger partial charge in [0.05, 0.1) is 43.5 Å². The van der Waals surface area contributed by atoms with E-state index in [4.69, 9.17) is 10.5 Å². The monoisotopic (exact) mass is 286 g/mol. The van der Waals surface area contributed by atoms with Crippen molar-refractivity contribution in [2.45, 2.75) is 18.7 Å². The summed E-state index contributed by atoms with van der Waals surface area (Å²) in [4.78, 5) is 6.56. The molecule has 1 saturated heterocycles. The van der Waals surface area contributed by atoms with Crippen molar-refractivity contribution in [1.82, 2.24) is 14.5 Å². The van der Waals surface area contributed by atoms with Crippen LogP contribution in [-0.2, 0) is 11.3 Å². The molecule has 1 aliphatic rings. The molecule has 2 N–H and O–H groups in total. The van der Waals surface area contributed by atoms with E-state index in [2.05, 4.69) is 21.5 Å². The highest BCUT2D eigenvalue weighted by Gasteiger charge is 2.21. The minimum absolute atomic E-state index is 0.157. The van der Waals surface area contributed by atoms with Gasteiger partial charge in [-0.15, -0.1) is 0 Å². The molecule has 1 fully saturated rings. The highest BCUT2D eigenvalue weighted by Crippen LogP contribution is 2.20. The zero-order valence-electron chi connectivity index (χ0n) is 12.4. The standard InChI is InChI=1S/C16H22N4O/c1-19-7-8-21-14(10-19)11-20-12-18-9-15(20)16(17)13-5-3-2-4-6-13/h2-6,9,12,14,16H,7-8,10-11,17H2,1H3. The first-order valence-electron chi connectivity index (χ1n) is 7.35. The van der Waals surface area contributed by atoms with Crippen LogP contribution in [0.1, 0.15) is 17.3 Å². The molecular formula is C16H22N4O. The molecule has 2 aromatic rings. The summed E-state index contributed by atoms with van der Waals surface area (Å²) < 4.78 is 7.94. The third-order valence-corrected chi connectivity index (χ3v) is 3.96. The quantitative estimate of drug-likeness (QED) is 0.919. The van der Waals surface area contributed by atoms with Crippen molar-refractivity contribution in [2.75, 3.05) is 26.7 Å². The van der Waals surface area contributed by atoms with E-state index in [1.807, 2.05) is 42.9 Å². The van der Waals surface area contributed by atoms with Crippen LogP contribution in [0.4, 0.5) is 0 Å². The van der Waals surface area contributed by atoms with E-state index in [1.54, 1.807) is 0 Å². The normalized spacial score (nSPS) is 21.3. The Balaban J connectivity index is 1.74. The first-order valence-corrected chi connectivity index (χ1v) is 7.35. The van der Waals surface area contributed by atoms with Gasteiger partial charge in [0.25, 0.3) is 0 Å². The predicted molar refractivity (Wildman–Crippen MR) is 81.9 cm³/mol. The number of hydrogen-bond acceptors (Lipinski definition) is 4. The van der Waals surface area contributed by atoms with Gasteiger partial charge < -0.3 is 19.9 Å². The second kappa shape index (κ2) is 6.39. The molecule has 2 heterocycles. The number of ether oxygens (including phenoxy) is 1. The molecule has 1 aliphatic heterocycles. The summed E-state index contributed by atoms with van der Waals surface area (Å²) in [5, 5.41) is 0. The van der Waals surface area contributed by atoms with E-state index in [9.17, 15) is 0 Å². The van der Waals surface area contributed by atoms with Crippen LogP contribution >= 0.6 is 0 Å². The van der Waals surface area contributed by atoms with Crippen molar-refractivity contribution in [3.8, 4) is 0 Å². The molecule has 2 unspecified atom stereocenters. The van der Waals surface area contributed by atoms with Gasteiger partial charge in [0.15, 0.2) is 0 Å². The van der Waals surface area contributed by atoms with E-state index >= 15 is 0 Å². The molecule has 112 valence electrons. The number of benzene rings is 1. The third kappa shape index (κ3) is 3.32. The number of nitrogens with two attached hydrogens (primary N) is 1. The van der Waals surface area contributed by atoms with E-state index in [1.165, 1.54) is 0 Å². The second-order valence-corrected chi connectivity index (χ2v) is 5.61. The zero-order valence-corrected chi connectivity index (χ0v) is 12.4. The van der Waals surface area contributed by atoms with Crippen LogP contribution in [-0.4, -0.2) is 47.3 Å². The van der Waals surface area contributed by atoms with E-state index in [0.29, 0.717) is 0 Å². The Bertz CT molecular complexity index is 569. The zero-order chi connectivity index (χ0) is 14.7. The summed E-state index contributed by atoms with van der Waals surface area (Å²) in [6, 6.07) is 9.96. The lowest BCUT2D eigenvalue weighted by molar-refractivity contribution is -0.0278. The van der Waals surface area contributed by atoms with Crippen molar-refractivity contribution in [3.63, 3.8) is 0 Å². The molecule has 0 bridgehead atoms. The first kappa shape index (κ1) is 14.3. The highest BCUT2D eigenvalue weighted by atomic mass is 16.5. The highest BCUT2D eigenvalue weighted by molar-refractivity contribution is 5.26. The maximum Gasteiger partial charge on any atom is 0.0949 e. The van der Waals surface area contributed by atoms with Crippen LogP contribution in [0, 0.1) is 0 Å². The maximum absolute atomic E-state index is 6.38. The smallest absolute Gasteiger partial charge is 0.0949 e. The molecule has 0 aliphatic carbocycles. The topological polar surface area (TPSA) is 56.3 Å². The largest absolute Gasteiger partial charge is 0.374 e. The molecule has 5 heteroatoms. The summed E-state index contributed by atoms with van der Waals surface area (Å²) >= 11 is 0. The van der Waals surface area contributed by atoms with Crippen LogP contribution in [0.2, 0.25) is 0 Å². The van der Waals surface area contributed by atoms with Gasteiger partial charge in [0.2, 0.25) is 0 Å². The molecule has 0 saturated carbocycles. The van der Waals surface area contributed by atoms with Gasteiger partial charge in [-0.05, 0) is 12.6 Å². The fourth-order valence-corrected chi connectivity index (χ4v) is 2.77. The Labute approximate surface area is 125 Å². The molecule has 2 atom stereocenters. The Kier molecular flexibility index (Phi) is 4.34. The predicted octanol–water partition coefficient (Wildman–Crippen LogP) is 1.26. The maximum atomic E-state index is 6.38. The average molecular weight is 286 g/mol. The molecule has 0 amide bonds. The van der Waals surface area contributed by atoms with Gasteiger partial charge in [-0.25, -0.2) is 4.98 Å². The van der Waals surface area contributed by atoms with Gasteiger partial charge in [-0.3, -0.25) is 0 Å². The fraction of sp³-hybridized carbons (Fsp3) is 0.438. The van der Waals surface area contributed by atoms with Crippen molar-refractivity contribution < 1.29 is 4.74 Å². The number of nitrogens with zero attached hydrogens (tertiary/aromatic N) is 3. The van der Waals surface area contributed by atoms with Gasteiger partial charge in [-0.1, -0.05) is 30.3 Å². The van der Waals surface area contributed by atoms with E-state index < -0.39 is 0 Å². The summed E-state index contributed by atoms with van der Waals surface area (Å²) in [7, 11) is 2.13. The molecular weight excluding hydrogens is 264 g/mol. The average Bonchev–Trinajstić information content (AvgIpc) is 2.95. The first-order chi connectivity index (χ1) is 10.2. The lowest BCUT2D eigenvalue weighted by Crippen LogP contribution is -2.42. The third-order valence-electron chi connectivity index (χ3n) is 3.96. The number of imidazole rings is 1. The SMILES string of the molecule is CN1CCOC(Cn2cncc2C(N)c2ccccc2)C1. The molecule has 1 aromatic carbocycles. The van der Waals surface area contributed by atoms with E-state index in [-0.39, 0.29) is 12.1 Å². The molecule has 21 heavy (non-hydrogen) atoms. The molecule has 0 spiro atoms. The summed E-state index contributed by atoms with van der Waals surface area (Å²) in [6.07, 6.45) is 3.89. The Morgan fingerprint density at radius 2 is 2.19 bits per heavy atom. The minimum atomic E-state index is -0.157. The van der Waals surface area contributed by atoms with Crippen LogP contribution in [0.3, 0.4) is 0 Å². The Morgan fingerprint density at radius 1 is 1.38 bits per heavy atom. The minimum Gasteiger partial charge on any atom is -0.374 e. The van der Waals surface area contributed by atoms with Gasteiger partial charge >= 0.3 is 0 Å². The number of aromatic nitrogens is 2. The van der Waals surface area contributed by atoms with Gasteiger partial charge in [0, 0.05) is 13.1 Å². The summed E-state index contributed by atoms with van der Waals surface area (Å²) in [5.41, 5.74) is 8.51. The number of hydrogen-bond donors (Lipinski definition) is 1. The molecule has 3 rings (SSSR count). The number of rotatable bonds is 4. The Hall–Kier alpha value is -1.69. The van der Waals surface area contributed by atoms with Crippen LogP contribution < -0.4 is 5.73 Å². The molecule has 5 nitrogen and oxygen atoms in total. The number of morpholine rings is 1. The fourth-order valence-electron chi connectivity index (χ4n) is 2.77. The molecule has 1 aromatic heterocycles. The lowest BCUT2D eigenvalue weighted by atomic mass is 10.1. The van der Waals surface area contributed by atoms with Crippen molar-refractivity contribution in [1.29, 1.82) is 0 Å². The van der Waals surface area contributed by atoms with Crippen LogP contribution in [0.15, 0.2) is 42.9 Å². The van der Waals surface area contributed by atoms with Crippen molar-refractivity contribution in [3.05, 3.63) is 54.1 Å².